The van der Waals surface area contributed by atoms with Gasteiger partial charge in [0.25, 0.3) is 0 Å². The van der Waals surface area contributed by atoms with Crippen LogP contribution < -0.4 is 5.73 Å². The minimum Gasteiger partial charge on any atom is -0.463 e. The summed E-state index contributed by atoms with van der Waals surface area (Å²) in [4.78, 5) is 12.6. The topological polar surface area (TPSA) is 85.3 Å². The largest absolute Gasteiger partial charge is 0.463 e. The van der Waals surface area contributed by atoms with E-state index in [2.05, 4.69) is 0 Å². The van der Waals surface area contributed by atoms with Gasteiger partial charge in [-0.15, -0.1) is 0 Å². The van der Waals surface area contributed by atoms with Crippen LogP contribution in [0.3, 0.4) is 0 Å². The van der Waals surface area contributed by atoms with Crippen LogP contribution in [0.5, 0.6) is 0 Å². The zero-order valence-electron chi connectivity index (χ0n) is 13.6. The third-order valence-corrected chi connectivity index (χ3v) is 4.03. The van der Waals surface area contributed by atoms with E-state index < -0.39 is 11.9 Å². The molecule has 0 spiro atoms. The zero-order chi connectivity index (χ0) is 17.7. The van der Waals surface area contributed by atoms with Gasteiger partial charge in [-0.25, -0.2) is 4.79 Å². The Morgan fingerprint density at radius 1 is 1.42 bits per heavy atom. The van der Waals surface area contributed by atoms with Crippen molar-refractivity contribution in [3.05, 3.63) is 57.6 Å². The molecule has 1 atom stereocenters. The summed E-state index contributed by atoms with van der Waals surface area (Å²) >= 11 is 6.31. The number of carbonyl (C=O) groups excluding carboxylic acids is 1. The fourth-order valence-corrected chi connectivity index (χ4v) is 2.93. The Balaban J connectivity index is 2.69. The second-order valence-electron chi connectivity index (χ2n) is 5.25. The molecule has 0 fully saturated rings. The molecule has 0 aromatic heterocycles. The number of nitriles is 1. The zero-order valence-corrected chi connectivity index (χ0v) is 14.4. The lowest BCUT2D eigenvalue weighted by molar-refractivity contribution is -0.139. The highest BCUT2D eigenvalue weighted by Gasteiger charge is 2.38. The highest BCUT2D eigenvalue weighted by molar-refractivity contribution is 6.31. The summed E-state index contributed by atoms with van der Waals surface area (Å²) in [6.45, 7) is 3.91. The van der Waals surface area contributed by atoms with E-state index >= 15 is 0 Å². The van der Waals surface area contributed by atoms with Crippen molar-refractivity contribution < 1.29 is 14.3 Å². The number of ether oxygens (including phenoxy) is 2. The Bertz CT molecular complexity index is 747. The third kappa shape index (κ3) is 3.39. The van der Waals surface area contributed by atoms with Crippen LogP contribution in [0.25, 0.3) is 0 Å². The molecule has 0 saturated heterocycles. The molecule has 1 heterocycles. The van der Waals surface area contributed by atoms with Gasteiger partial charge in [-0.05, 0) is 25.0 Å². The van der Waals surface area contributed by atoms with Crippen LogP contribution in [0.2, 0.25) is 5.02 Å². The molecule has 1 aromatic rings. The average Bonchev–Trinajstić information content (AvgIpc) is 2.55. The van der Waals surface area contributed by atoms with Crippen LogP contribution in [0.4, 0.5) is 0 Å². The van der Waals surface area contributed by atoms with E-state index in [4.69, 9.17) is 26.8 Å². The molecule has 0 saturated carbocycles. The van der Waals surface area contributed by atoms with Crippen molar-refractivity contribution in [3.8, 4) is 6.07 Å². The van der Waals surface area contributed by atoms with Crippen molar-refractivity contribution in [3.63, 3.8) is 0 Å². The van der Waals surface area contributed by atoms with Gasteiger partial charge < -0.3 is 15.2 Å². The molecule has 0 bridgehead atoms. The molecule has 24 heavy (non-hydrogen) atoms. The summed E-state index contributed by atoms with van der Waals surface area (Å²) in [6, 6.07) is 9.10. The van der Waals surface area contributed by atoms with Gasteiger partial charge in [-0.1, -0.05) is 36.7 Å². The molecule has 5 nitrogen and oxygen atoms in total. The first kappa shape index (κ1) is 17.9. The molecular formula is C18H19ClN2O3. The van der Waals surface area contributed by atoms with E-state index in [0.29, 0.717) is 22.8 Å². The van der Waals surface area contributed by atoms with Crippen molar-refractivity contribution in [2.75, 3.05) is 6.61 Å². The van der Waals surface area contributed by atoms with Crippen LogP contribution in [0.15, 0.2) is 47.1 Å². The molecule has 0 amide bonds. The number of rotatable bonds is 5. The molecule has 0 radical (unpaired) electrons. The molecule has 126 valence electrons. The summed E-state index contributed by atoms with van der Waals surface area (Å²) in [7, 11) is 0. The van der Waals surface area contributed by atoms with Gasteiger partial charge in [0, 0.05) is 11.4 Å². The predicted octanol–water partition coefficient (Wildman–Crippen LogP) is 3.76. The van der Waals surface area contributed by atoms with Crippen molar-refractivity contribution in [2.24, 2.45) is 5.73 Å². The first-order valence-corrected chi connectivity index (χ1v) is 8.15. The number of nitrogens with zero attached hydrogens (tertiary/aromatic N) is 1. The highest BCUT2D eigenvalue weighted by Crippen LogP contribution is 2.42. The molecule has 0 aliphatic carbocycles. The van der Waals surface area contributed by atoms with E-state index in [0.717, 1.165) is 6.42 Å². The monoisotopic (exact) mass is 346 g/mol. The molecule has 1 aromatic carbocycles. The second-order valence-corrected chi connectivity index (χ2v) is 5.66. The number of halogens is 1. The van der Waals surface area contributed by atoms with Gasteiger partial charge in [-0.2, -0.15) is 5.26 Å². The SMILES string of the molecule is CCCC1=C(C(=O)OCC)[C@H](c2ccccc2Cl)C(C#N)=C(N)O1. The maximum Gasteiger partial charge on any atom is 0.338 e. The van der Waals surface area contributed by atoms with Crippen LogP contribution in [-0.2, 0) is 14.3 Å². The summed E-state index contributed by atoms with van der Waals surface area (Å²) in [5, 5.41) is 9.99. The summed E-state index contributed by atoms with van der Waals surface area (Å²) < 4.78 is 10.8. The Morgan fingerprint density at radius 2 is 2.12 bits per heavy atom. The van der Waals surface area contributed by atoms with Crippen LogP contribution in [0.1, 0.15) is 38.2 Å². The Morgan fingerprint density at radius 3 is 2.71 bits per heavy atom. The highest BCUT2D eigenvalue weighted by atomic mass is 35.5. The van der Waals surface area contributed by atoms with Gasteiger partial charge in [0.05, 0.1) is 18.1 Å². The molecule has 6 heteroatoms. The van der Waals surface area contributed by atoms with Crippen LogP contribution in [0, 0.1) is 11.3 Å². The van der Waals surface area contributed by atoms with Crippen molar-refractivity contribution >= 4 is 17.6 Å². The van der Waals surface area contributed by atoms with Crippen LogP contribution in [-0.4, -0.2) is 12.6 Å². The van der Waals surface area contributed by atoms with Crippen molar-refractivity contribution in [1.29, 1.82) is 5.26 Å². The summed E-state index contributed by atoms with van der Waals surface area (Å²) in [5.74, 6) is -0.791. The van der Waals surface area contributed by atoms with Crippen molar-refractivity contribution in [1.82, 2.24) is 0 Å². The lowest BCUT2D eigenvalue weighted by Crippen LogP contribution is -2.26. The van der Waals surface area contributed by atoms with E-state index in [1.54, 1.807) is 31.2 Å². The summed E-state index contributed by atoms with van der Waals surface area (Å²) in [5.41, 5.74) is 7.00. The minimum atomic E-state index is -0.696. The quantitative estimate of drug-likeness (QED) is 0.820. The number of hydrogen-bond acceptors (Lipinski definition) is 5. The Labute approximate surface area is 146 Å². The van der Waals surface area contributed by atoms with E-state index in [-0.39, 0.29) is 23.6 Å². The number of benzene rings is 1. The molecule has 0 unspecified atom stereocenters. The van der Waals surface area contributed by atoms with Gasteiger partial charge >= 0.3 is 5.97 Å². The normalized spacial score (nSPS) is 17.3. The predicted molar refractivity (Wildman–Crippen MR) is 90.7 cm³/mol. The second kappa shape index (κ2) is 7.89. The maximum atomic E-state index is 12.6. The van der Waals surface area contributed by atoms with Gasteiger partial charge in [0.1, 0.15) is 17.4 Å². The number of esters is 1. The number of allylic oxidation sites excluding steroid dienone is 2. The first-order chi connectivity index (χ1) is 11.5. The van der Waals surface area contributed by atoms with Gasteiger partial charge in [0.2, 0.25) is 5.88 Å². The molecule has 1 aliphatic heterocycles. The Kier molecular flexibility index (Phi) is 5.88. The standard InChI is InChI=1S/C18H19ClN2O3/c1-3-7-14-16(18(22)23-4-2)15(12(10-20)17(21)24-14)11-8-5-6-9-13(11)19/h5-6,8-9,15H,3-4,7,21H2,1-2H3/t15-/m1/s1. The van der Waals surface area contributed by atoms with E-state index in [1.165, 1.54) is 0 Å². The molecule has 2 rings (SSSR count). The lowest BCUT2D eigenvalue weighted by atomic mass is 9.82. The van der Waals surface area contributed by atoms with E-state index in [9.17, 15) is 10.1 Å². The number of nitrogens with two attached hydrogens (primary N) is 1. The fraction of sp³-hybridized carbons (Fsp3) is 0.333. The van der Waals surface area contributed by atoms with E-state index in [1.807, 2.05) is 13.0 Å². The maximum absolute atomic E-state index is 12.6. The van der Waals surface area contributed by atoms with Crippen molar-refractivity contribution in [2.45, 2.75) is 32.6 Å². The van der Waals surface area contributed by atoms with Gasteiger partial charge in [0.15, 0.2) is 0 Å². The smallest absolute Gasteiger partial charge is 0.338 e. The summed E-state index contributed by atoms with van der Waals surface area (Å²) in [6.07, 6.45) is 1.26. The Hall–Kier alpha value is -2.45. The average molecular weight is 347 g/mol. The fourth-order valence-electron chi connectivity index (χ4n) is 2.68. The molecule has 2 N–H and O–H groups in total. The lowest BCUT2D eigenvalue weighted by Gasteiger charge is -2.28. The first-order valence-electron chi connectivity index (χ1n) is 7.77. The number of hydrogen-bond donors (Lipinski definition) is 1. The molecular weight excluding hydrogens is 328 g/mol. The third-order valence-electron chi connectivity index (χ3n) is 3.69. The minimum absolute atomic E-state index is 0.00100. The molecule has 1 aliphatic rings. The van der Waals surface area contributed by atoms with Gasteiger partial charge in [-0.3, -0.25) is 0 Å². The van der Waals surface area contributed by atoms with Crippen LogP contribution >= 0.6 is 11.6 Å². The number of carbonyl (C=O) groups is 1.